The van der Waals surface area contributed by atoms with E-state index in [1.54, 1.807) is 6.20 Å². The summed E-state index contributed by atoms with van der Waals surface area (Å²) in [7, 11) is 0. The summed E-state index contributed by atoms with van der Waals surface area (Å²) in [5, 5.41) is 7.90. The molecule has 50 valence electrons. The third-order valence-corrected chi connectivity index (χ3v) is 1.53. The molecule has 1 rings (SSSR count). The molecule has 1 aromatic heterocycles. The molecule has 3 nitrogen and oxygen atoms in total. The molecule has 0 aliphatic heterocycles. The predicted octanol–water partition coefficient (Wildman–Crippen LogP) is 1.36. The number of hydrogen-bond donors (Lipinski definition) is 1. The van der Waals surface area contributed by atoms with Gasteiger partial charge < -0.3 is 5.32 Å². The van der Waals surface area contributed by atoms with Crippen molar-refractivity contribution in [3.05, 3.63) is 6.20 Å². The molecule has 0 spiro atoms. The Morgan fingerprint density at radius 2 is 2.67 bits per heavy atom. The summed E-state index contributed by atoms with van der Waals surface area (Å²) < 4.78 is 3.70. The summed E-state index contributed by atoms with van der Waals surface area (Å²) in [4.78, 5) is 0. The van der Waals surface area contributed by atoms with Crippen LogP contribution in [0.1, 0.15) is 13.3 Å². The second-order valence-corrected chi connectivity index (χ2v) is 2.49. The third-order valence-electron chi connectivity index (χ3n) is 0.911. The molecule has 9 heavy (non-hydrogen) atoms. The van der Waals surface area contributed by atoms with Gasteiger partial charge in [-0.25, -0.2) is 0 Å². The van der Waals surface area contributed by atoms with Crippen LogP contribution in [0.2, 0.25) is 0 Å². The summed E-state index contributed by atoms with van der Waals surface area (Å²) >= 11 is 1.39. The largest absolute Gasteiger partial charge is 0.374 e. The highest BCUT2D eigenvalue weighted by Crippen LogP contribution is 2.07. The predicted molar refractivity (Wildman–Crippen MR) is 38.7 cm³/mol. The van der Waals surface area contributed by atoms with Crippen molar-refractivity contribution in [3.63, 3.8) is 0 Å². The van der Waals surface area contributed by atoms with Gasteiger partial charge in [0.15, 0.2) is 0 Å². The molecule has 0 atom stereocenters. The van der Waals surface area contributed by atoms with Crippen molar-refractivity contribution in [1.82, 2.24) is 9.59 Å². The van der Waals surface area contributed by atoms with E-state index < -0.39 is 0 Å². The molecule has 0 amide bonds. The molecular weight excluding hydrogens is 134 g/mol. The van der Waals surface area contributed by atoms with Gasteiger partial charge in [0.25, 0.3) is 0 Å². The average molecular weight is 143 g/mol. The summed E-state index contributed by atoms with van der Waals surface area (Å²) in [5.74, 6) is 0. The number of nitrogens with one attached hydrogen (secondary N) is 1. The highest BCUT2D eigenvalue weighted by atomic mass is 32.1. The highest BCUT2D eigenvalue weighted by molar-refractivity contribution is 7.09. The monoisotopic (exact) mass is 143 g/mol. The Hall–Kier alpha value is -0.640. The Morgan fingerprint density at radius 1 is 1.78 bits per heavy atom. The lowest BCUT2D eigenvalue weighted by Crippen LogP contribution is -1.96. The van der Waals surface area contributed by atoms with Crippen molar-refractivity contribution >= 4 is 16.5 Å². The number of hydrogen-bond acceptors (Lipinski definition) is 4. The van der Waals surface area contributed by atoms with Crippen molar-refractivity contribution in [3.8, 4) is 0 Å². The maximum atomic E-state index is 3.70. The Labute approximate surface area is 58.3 Å². The molecule has 0 saturated heterocycles. The summed E-state index contributed by atoms with van der Waals surface area (Å²) in [5.41, 5.74) is 0. The fourth-order valence-corrected chi connectivity index (χ4v) is 0.936. The first-order valence-electron chi connectivity index (χ1n) is 2.94. The van der Waals surface area contributed by atoms with Gasteiger partial charge in [0.1, 0.15) is 5.00 Å². The molecule has 0 unspecified atom stereocenters. The van der Waals surface area contributed by atoms with Gasteiger partial charge >= 0.3 is 0 Å². The van der Waals surface area contributed by atoms with Crippen molar-refractivity contribution in [1.29, 1.82) is 0 Å². The number of aromatic nitrogens is 2. The van der Waals surface area contributed by atoms with Crippen LogP contribution in [-0.4, -0.2) is 16.1 Å². The summed E-state index contributed by atoms with van der Waals surface area (Å²) in [6.45, 7) is 3.13. The SMILES string of the molecule is CCCNc1cnns1. The van der Waals surface area contributed by atoms with Crippen LogP contribution >= 0.6 is 11.5 Å². The zero-order valence-corrected chi connectivity index (χ0v) is 6.11. The number of rotatable bonds is 3. The minimum absolute atomic E-state index is 1.00. The van der Waals surface area contributed by atoms with Crippen molar-refractivity contribution in [2.24, 2.45) is 0 Å². The Balaban J connectivity index is 2.30. The van der Waals surface area contributed by atoms with Gasteiger partial charge in [-0.05, 0) is 6.42 Å². The summed E-state index contributed by atoms with van der Waals surface area (Å²) in [6.07, 6.45) is 2.87. The number of nitrogens with zero attached hydrogens (tertiary/aromatic N) is 2. The van der Waals surface area contributed by atoms with Crippen LogP contribution in [0, 0.1) is 0 Å². The van der Waals surface area contributed by atoms with Gasteiger partial charge in [0.05, 0.1) is 6.20 Å². The number of anilines is 1. The fraction of sp³-hybridized carbons (Fsp3) is 0.600. The van der Waals surface area contributed by atoms with Crippen LogP contribution in [0.5, 0.6) is 0 Å². The smallest absolute Gasteiger partial charge is 0.130 e. The second kappa shape index (κ2) is 3.40. The van der Waals surface area contributed by atoms with Crippen LogP contribution in [-0.2, 0) is 0 Å². The van der Waals surface area contributed by atoms with E-state index in [0.717, 1.165) is 18.0 Å². The molecule has 0 aliphatic carbocycles. The molecule has 0 bridgehead atoms. The average Bonchev–Trinajstić information content (AvgIpc) is 2.34. The first-order chi connectivity index (χ1) is 4.43. The molecular formula is C5H9N3S. The van der Waals surface area contributed by atoms with Crippen molar-refractivity contribution in [2.75, 3.05) is 11.9 Å². The van der Waals surface area contributed by atoms with E-state index in [-0.39, 0.29) is 0 Å². The zero-order chi connectivity index (χ0) is 6.53. The van der Waals surface area contributed by atoms with Gasteiger partial charge in [-0.1, -0.05) is 11.4 Å². The molecule has 1 heterocycles. The van der Waals surface area contributed by atoms with Gasteiger partial charge in [-0.2, -0.15) is 0 Å². The first-order valence-corrected chi connectivity index (χ1v) is 3.72. The first kappa shape index (κ1) is 6.48. The van der Waals surface area contributed by atoms with E-state index in [2.05, 4.69) is 21.8 Å². The Kier molecular flexibility index (Phi) is 2.45. The van der Waals surface area contributed by atoms with E-state index in [1.807, 2.05) is 0 Å². The molecule has 0 aromatic carbocycles. The third kappa shape index (κ3) is 1.97. The Bertz CT molecular complexity index is 149. The minimum atomic E-state index is 1.00. The Morgan fingerprint density at radius 3 is 3.22 bits per heavy atom. The van der Waals surface area contributed by atoms with Crippen LogP contribution in [0.25, 0.3) is 0 Å². The zero-order valence-electron chi connectivity index (χ0n) is 5.29. The van der Waals surface area contributed by atoms with Crippen LogP contribution in [0.4, 0.5) is 5.00 Å². The van der Waals surface area contributed by atoms with Gasteiger partial charge in [-0.15, -0.1) is 5.10 Å². The lowest BCUT2D eigenvalue weighted by atomic mass is 10.5. The van der Waals surface area contributed by atoms with Crippen molar-refractivity contribution in [2.45, 2.75) is 13.3 Å². The van der Waals surface area contributed by atoms with E-state index >= 15 is 0 Å². The van der Waals surface area contributed by atoms with Gasteiger partial charge in [0.2, 0.25) is 0 Å². The van der Waals surface area contributed by atoms with E-state index in [9.17, 15) is 0 Å². The lowest BCUT2D eigenvalue weighted by molar-refractivity contribution is 0.982. The molecule has 0 aliphatic rings. The molecule has 0 saturated carbocycles. The second-order valence-electron chi connectivity index (χ2n) is 1.71. The van der Waals surface area contributed by atoms with Crippen molar-refractivity contribution < 1.29 is 0 Å². The minimum Gasteiger partial charge on any atom is -0.374 e. The topological polar surface area (TPSA) is 37.8 Å². The lowest BCUT2D eigenvalue weighted by Gasteiger charge is -1.95. The quantitative estimate of drug-likeness (QED) is 0.694. The fourth-order valence-electron chi connectivity index (χ4n) is 0.493. The molecule has 1 aromatic rings. The van der Waals surface area contributed by atoms with E-state index in [4.69, 9.17) is 0 Å². The normalized spacial score (nSPS) is 9.44. The molecule has 1 N–H and O–H groups in total. The van der Waals surface area contributed by atoms with Gasteiger partial charge in [-0.3, -0.25) is 0 Å². The standard InChI is InChI=1S/C5H9N3S/c1-2-3-6-5-4-7-8-9-5/h4,6H,2-3H2,1H3. The maximum absolute atomic E-state index is 3.70. The van der Waals surface area contributed by atoms with Crippen LogP contribution in [0.15, 0.2) is 6.20 Å². The molecule has 4 heteroatoms. The molecule has 0 fully saturated rings. The van der Waals surface area contributed by atoms with Crippen LogP contribution in [0.3, 0.4) is 0 Å². The van der Waals surface area contributed by atoms with Gasteiger partial charge in [0, 0.05) is 18.1 Å². The highest BCUT2D eigenvalue weighted by Gasteiger charge is 1.89. The van der Waals surface area contributed by atoms with Crippen LogP contribution < -0.4 is 5.32 Å². The summed E-state index contributed by atoms with van der Waals surface area (Å²) in [6, 6.07) is 0. The maximum Gasteiger partial charge on any atom is 0.130 e. The van der Waals surface area contributed by atoms with E-state index in [0.29, 0.717) is 0 Å². The molecule has 0 radical (unpaired) electrons. The van der Waals surface area contributed by atoms with E-state index in [1.165, 1.54) is 11.5 Å².